The molecule has 0 atom stereocenters. The molecule has 0 aliphatic carbocycles. The molecule has 2 aromatic carbocycles. The number of hydrogen-bond donors (Lipinski definition) is 1. The van der Waals surface area contributed by atoms with Crippen LogP contribution in [0.25, 0.3) is 0 Å². The zero-order valence-corrected chi connectivity index (χ0v) is 12.7. The number of rotatable bonds is 6. The summed E-state index contributed by atoms with van der Waals surface area (Å²) in [6, 6.07) is 11.3. The van der Waals surface area contributed by atoms with Gasteiger partial charge in [-0.1, -0.05) is 18.2 Å². The number of carbonyl (C=O) groups excluding carboxylic acids is 1. The molecule has 0 saturated carbocycles. The normalized spacial score (nSPS) is 10.4. The average Bonchev–Trinajstić information content (AvgIpc) is 2.57. The second-order valence-corrected chi connectivity index (χ2v) is 4.94. The first-order chi connectivity index (χ1) is 11.0. The average molecular weight is 322 g/mol. The Bertz CT molecular complexity index is 677. The van der Waals surface area contributed by atoms with Crippen LogP contribution in [0, 0.1) is 17.5 Å². The van der Waals surface area contributed by atoms with Crippen LogP contribution in [0.2, 0.25) is 0 Å². The molecular weight excluding hydrogens is 305 g/mol. The minimum absolute atomic E-state index is 0.0984. The van der Waals surface area contributed by atoms with Gasteiger partial charge in [-0.15, -0.1) is 0 Å². The maximum Gasteiger partial charge on any atom is 0.226 e. The third kappa shape index (κ3) is 4.25. The van der Waals surface area contributed by atoms with Crippen LogP contribution < -0.4 is 10.2 Å². The van der Waals surface area contributed by atoms with Gasteiger partial charge in [0.15, 0.2) is 17.5 Å². The van der Waals surface area contributed by atoms with E-state index in [2.05, 4.69) is 5.32 Å². The summed E-state index contributed by atoms with van der Waals surface area (Å²) in [7, 11) is 0. The van der Waals surface area contributed by atoms with E-state index in [0.717, 1.165) is 17.8 Å². The summed E-state index contributed by atoms with van der Waals surface area (Å²) in [5, 5.41) is 2.26. The van der Waals surface area contributed by atoms with Crippen LogP contribution in [0.4, 0.5) is 24.5 Å². The van der Waals surface area contributed by atoms with Gasteiger partial charge < -0.3 is 10.2 Å². The number of amides is 1. The molecule has 2 rings (SSSR count). The summed E-state index contributed by atoms with van der Waals surface area (Å²) in [6.07, 6.45) is 0.0984. The van der Waals surface area contributed by atoms with Crippen molar-refractivity contribution in [1.29, 1.82) is 0 Å². The molecule has 23 heavy (non-hydrogen) atoms. The standard InChI is InChI=1S/C17H17F3N2O/c1-2-22(12-6-4-3-5-7-12)11-10-15(23)21-14-9-8-13(18)16(19)17(14)20/h3-9H,2,10-11H2,1H3,(H,21,23). The largest absolute Gasteiger partial charge is 0.371 e. The molecule has 1 N–H and O–H groups in total. The van der Waals surface area contributed by atoms with E-state index in [1.54, 1.807) is 0 Å². The van der Waals surface area contributed by atoms with Crippen LogP contribution in [-0.4, -0.2) is 19.0 Å². The fraction of sp³-hybridized carbons (Fsp3) is 0.235. The van der Waals surface area contributed by atoms with E-state index in [1.807, 2.05) is 42.2 Å². The van der Waals surface area contributed by atoms with Gasteiger partial charge in [-0.3, -0.25) is 4.79 Å². The Hall–Kier alpha value is -2.50. The van der Waals surface area contributed by atoms with Crippen molar-refractivity contribution in [1.82, 2.24) is 0 Å². The number of hydrogen-bond acceptors (Lipinski definition) is 2. The summed E-state index contributed by atoms with van der Waals surface area (Å²) in [5.74, 6) is -4.75. The molecule has 122 valence electrons. The van der Waals surface area contributed by atoms with Gasteiger partial charge in [-0.05, 0) is 31.2 Å². The predicted octanol–water partition coefficient (Wildman–Crippen LogP) is 3.96. The van der Waals surface area contributed by atoms with Gasteiger partial charge in [0.05, 0.1) is 5.69 Å². The predicted molar refractivity (Wildman–Crippen MR) is 83.9 cm³/mol. The molecule has 0 unspecified atom stereocenters. The van der Waals surface area contributed by atoms with Crippen molar-refractivity contribution in [3.05, 3.63) is 59.9 Å². The van der Waals surface area contributed by atoms with Gasteiger partial charge in [0.1, 0.15) is 0 Å². The smallest absolute Gasteiger partial charge is 0.226 e. The van der Waals surface area contributed by atoms with Crippen molar-refractivity contribution >= 4 is 17.3 Å². The molecule has 0 radical (unpaired) electrons. The number of carbonyl (C=O) groups is 1. The van der Waals surface area contributed by atoms with Gasteiger partial charge in [0, 0.05) is 25.2 Å². The number of nitrogens with zero attached hydrogens (tertiary/aromatic N) is 1. The van der Waals surface area contributed by atoms with Gasteiger partial charge in [0.2, 0.25) is 5.91 Å². The molecule has 0 aliphatic heterocycles. The van der Waals surface area contributed by atoms with Crippen LogP contribution in [0.15, 0.2) is 42.5 Å². The highest BCUT2D eigenvalue weighted by molar-refractivity contribution is 5.91. The van der Waals surface area contributed by atoms with Crippen LogP contribution in [0.5, 0.6) is 0 Å². The number of halogens is 3. The lowest BCUT2D eigenvalue weighted by Crippen LogP contribution is -2.27. The second kappa shape index (κ2) is 7.67. The summed E-state index contributed by atoms with van der Waals surface area (Å²) >= 11 is 0. The van der Waals surface area contributed by atoms with Gasteiger partial charge >= 0.3 is 0 Å². The van der Waals surface area contributed by atoms with Crippen molar-refractivity contribution in [2.24, 2.45) is 0 Å². The molecule has 0 spiro atoms. The Kier molecular flexibility index (Phi) is 5.62. The molecule has 0 aromatic heterocycles. The highest BCUT2D eigenvalue weighted by atomic mass is 19.2. The minimum atomic E-state index is -1.60. The minimum Gasteiger partial charge on any atom is -0.371 e. The molecule has 0 saturated heterocycles. The summed E-state index contributed by atoms with van der Waals surface area (Å²) in [5.41, 5.74) is 0.610. The number of benzene rings is 2. The lowest BCUT2D eigenvalue weighted by atomic mass is 10.2. The lowest BCUT2D eigenvalue weighted by molar-refractivity contribution is -0.116. The van der Waals surface area contributed by atoms with Crippen molar-refractivity contribution in [3.63, 3.8) is 0 Å². The number of para-hydroxylation sites is 1. The SMILES string of the molecule is CCN(CCC(=O)Nc1ccc(F)c(F)c1F)c1ccccc1. The Morgan fingerprint density at radius 3 is 2.39 bits per heavy atom. The van der Waals surface area contributed by atoms with E-state index in [9.17, 15) is 18.0 Å². The highest BCUT2D eigenvalue weighted by Gasteiger charge is 2.15. The zero-order chi connectivity index (χ0) is 16.8. The first-order valence-corrected chi connectivity index (χ1v) is 7.26. The van der Waals surface area contributed by atoms with E-state index in [4.69, 9.17) is 0 Å². The van der Waals surface area contributed by atoms with E-state index < -0.39 is 23.4 Å². The lowest BCUT2D eigenvalue weighted by Gasteiger charge is -2.22. The number of nitrogens with one attached hydrogen (secondary N) is 1. The summed E-state index contributed by atoms with van der Waals surface area (Å²) in [4.78, 5) is 13.9. The van der Waals surface area contributed by atoms with Crippen LogP contribution in [0.1, 0.15) is 13.3 Å². The molecule has 0 aliphatic rings. The maximum atomic E-state index is 13.5. The van der Waals surface area contributed by atoms with Crippen molar-refractivity contribution in [2.75, 3.05) is 23.3 Å². The molecule has 0 fully saturated rings. The van der Waals surface area contributed by atoms with Gasteiger partial charge in [0.25, 0.3) is 0 Å². The van der Waals surface area contributed by atoms with Gasteiger partial charge in [-0.25, -0.2) is 13.2 Å². The van der Waals surface area contributed by atoms with E-state index in [-0.39, 0.29) is 12.1 Å². The van der Waals surface area contributed by atoms with Crippen LogP contribution in [-0.2, 0) is 4.79 Å². The topological polar surface area (TPSA) is 32.3 Å². The molecule has 6 heteroatoms. The zero-order valence-electron chi connectivity index (χ0n) is 12.7. The quantitative estimate of drug-likeness (QED) is 0.817. The molecule has 3 nitrogen and oxygen atoms in total. The third-order valence-corrected chi connectivity index (χ3v) is 3.42. The first kappa shape index (κ1) is 16.9. The second-order valence-electron chi connectivity index (χ2n) is 4.94. The Labute approximate surface area is 132 Å². The number of anilines is 2. The molecule has 2 aromatic rings. The fourth-order valence-corrected chi connectivity index (χ4v) is 2.18. The van der Waals surface area contributed by atoms with E-state index >= 15 is 0 Å². The fourth-order valence-electron chi connectivity index (χ4n) is 2.18. The summed E-state index contributed by atoms with van der Waals surface area (Å²) < 4.78 is 39.5. The highest BCUT2D eigenvalue weighted by Crippen LogP contribution is 2.20. The molecule has 1 amide bonds. The first-order valence-electron chi connectivity index (χ1n) is 7.26. The maximum absolute atomic E-state index is 13.5. The van der Waals surface area contributed by atoms with E-state index in [1.165, 1.54) is 0 Å². The third-order valence-electron chi connectivity index (χ3n) is 3.42. The summed E-state index contributed by atoms with van der Waals surface area (Å²) in [6.45, 7) is 3.09. The molecular formula is C17H17F3N2O. The Morgan fingerprint density at radius 1 is 1.04 bits per heavy atom. The van der Waals surface area contributed by atoms with Crippen molar-refractivity contribution < 1.29 is 18.0 Å². The Morgan fingerprint density at radius 2 is 1.74 bits per heavy atom. The van der Waals surface area contributed by atoms with Crippen LogP contribution in [0.3, 0.4) is 0 Å². The van der Waals surface area contributed by atoms with Crippen molar-refractivity contribution in [3.8, 4) is 0 Å². The molecule has 0 heterocycles. The van der Waals surface area contributed by atoms with Crippen LogP contribution >= 0.6 is 0 Å². The molecule has 0 bridgehead atoms. The van der Waals surface area contributed by atoms with Gasteiger partial charge in [-0.2, -0.15) is 0 Å². The Balaban J connectivity index is 1.96. The van der Waals surface area contributed by atoms with Crippen molar-refractivity contribution in [2.45, 2.75) is 13.3 Å². The monoisotopic (exact) mass is 322 g/mol. The van der Waals surface area contributed by atoms with E-state index in [0.29, 0.717) is 13.1 Å².